The molecule has 0 saturated heterocycles. The van der Waals surface area contributed by atoms with Gasteiger partial charge in [0.15, 0.2) is 0 Å². The van der Waals surface area contributed by atoms with Gasteiger partial charge in [-0.3, -0.25) is 0 Å². The van der Waals surface area contributed by atoms with E-state index in [4.69, 9.17) is 10.00 Å². The third kappa shape index (κ3) is 5.49. The fourth-order valence-corrected chi connectivity index (χ4v) is 3.68. The van der Waals surface area contributed by atoms with Crippen molar-refractivity contribution in [1.29, 1.82) is 5.26 Å². The molecule has 25 heavy (non-hydrogen) atoms. The smallest absolute Gasteiger partial charge is 0.242 e. The van der Waals surface area contributed by atoms with Crippen LogP contribution in [-0.2, 0) is 15.8 Å². The summed E-state index contributed by atoms with van der Waals surface area (Å²) in [5.74, 6) is 2.32. The maximum absolute atomic E-state index is 12.0. The highest BCUT2D eigenvalue weighted by Crippen LogP contribution is 2.19. The fraction of sp³-hybridized carbons (Fsp3) is 0.278. The third-order valence-corrected chi connectivity index (χ3v) is 6.27. The van der Waals surface area contributed by atoms with Gasteiger partial charge in [-0.1, -0.05) is 12.1 Å². The second kappa shape index (κ2) is 8.90. The van der Waals surface area contributed by atoms with Gasteiger partial charge in [0.1, 0.15) is 5.75 Å². The lowest BCUT2D eigenvalue weighted by Crippen LogP contribution is -2.22. The molecule has 132 valence electrons. The van der Waals surface area contributed by atoms with Gasteiger partial charge >= 0.3 is 0 Å². The molecule has 0 spiro atoms. The highest BCUT2D eigenvalue weighted by Gasteiger charge is 2.16. The Morgan fingerprint density at radius 3 is 2.28 bits per heavy atom. The quantitative estimate of drug-likeness (QED) is 0.662. The van der Waals surface area contributed by atoms with Crippen molar-refractivity contribution in [1.82, 2.24) is 4.31 Å². The van der Waals surface area contributed by atoms with E-state index in [1.54, 1.807) is 36.0 Å². The Bertz CT molecular complexity index is 824. The highest BCUT2D eigenvalue weighted by atomic mass is 32.2. The largest absolute Gasteiger partial charge is 0.493 e. The van der Waals surface area contributed by atoms with Crippen LogP contribution in [0.5, 0.6) is 5.75 Å². The van der Waals surface area contributed by atoms with Gasteiger partial charge in [0.2, 0.25) is 10.0 Å². The molecular weight excluding hydrogens is 356 g/mol. The molecule has 2 rings (SSSR count). The summed E-state index contributed by atoms with van der Waals surface area (Å²) in [6.07, 6.45) is 0. The Balaban J connectivity index is 1.75. The number of ether oxygens (including phenoxy) is 1. The Hall–Kier alpha value is -2.01. The zero-order valence-electron chi connectivity index (χ0n) is 14.2. The van der Waals surface area contributed by atoms with E-state index >= 15 is 0 Å². The number of sulfonamides is 1. The summed E-state index contributed by atoms with van der Waals surface area (Å²) in [5.41, 5.74) is 1.83. The van der Waals surface area contributed by atoms with Crippen LogP contribution in [0.3, 0.4) is 0 Å². The molecule has 7 heteroatoms. The van der Waals surface area contributed by atoms with Crippen LogP contribution < -0.4 is 4.74 Å². The summed E-state index contributed by atoms with van der Waals surface area (Å²) in [6.45, 7) is 0.542. The van der Waals surface area contributed by atoms with Gasteiger partial charge in [0.25, 0.3) is 0 Å². The van der Waals surface area contributed by atoms with Crippen LogP contribution in [0.15, 0.2) is 53.4 Å². The van der Waals surface area contributed by atoms with Crippen molar-refractivity contribution in [2.24, 2.45) is 0 Å². The van der Waals surface area contributed by atoms with Crippen molar-refractivity contribution in [2.45, 2.75) is 10.6 Å². The van der Waals surface area contributed by atoms with Crippen LogP contribution in [-0.4, -0.2) is 39.2 Å². The number of rotatable bonds is 8. The molecule has 0 bridgehead atoms. The molecule has 0 aliphatic heterocycles. The molecule has 0 atom stereocenters. The number of hydrogen-bond donors (Lipinski definition) is 0. The van der Waals surface area contributed by atoms with Gasteiger partial charge in [-0.2, -0.15) is 17.0 Å². The Morgan fingerprint density at radius 2 is 1.72 bits per heavy atom. The minimum atomic E-state index is -3.40. The minimum Gasteiger partial charge on any atom is -0.493 e. The molecule has 0 N–H and O–H groups in total. The van der Waals surface area contributed by atoms with Gasteiger partial charge in [0.05, 0.1) is 23.1 Å². The molecule has 0 unspecified atom stereocenters. The van der Waals surface area contributed by atoms with Crippen molar-refractivity contribution in [3.05, 3.63) is 59.7 Å². The fourth-order valence-electron chi connectivity index (χ4n) is 2.00. The summed E-state index contributed by atoms with van der Waals surface area (Å²) in [7, 11) is -0.395. The molecule has 0 aliphatic rings. The zero-order valence-corrected chi connectivity index (χ0v) is 15.8. The van der Waals surface area contributed by atoms with Gasteiger partial charge in [0, 0.05) is 25.6 Å². The average molecular weight is 377 g/mol. The molecule has 2 aromatic rings. The van der Waals surface area contributed by atoms with Crippen molar-refractivity contribution in [2.75, 3.05) is 26.5 Å². The van der Waals surface area contributed by atoms with Crippen LogP contribution in [0.1, 0.15) is 11.1 Å². The molecule has 0 saturated carbocycles. The number of thioether (sulfide) groups is 1. The van der Waals surface area contributed by atoms with Crippen molar-refractivity contribution >= 4 is 21.8 Å². The van der Waals surface area contributed by atoms with Gasteiger partial charge in [-0.25, -0.2) is 12.7 Å². The van der Waals surface area contributed by atoms with E-state index in [0.717, 1.165) is 11.5 Å². The third-order valence-electron chi connectivity index (χ3n) is 3.45. The van der Waals surface area contributed by atoms with Crippen LogP contribution >= 0.6 is 11.8 Å². The SMILES string of the molecule is CN(C)S(=O)(=O)c1ccc(OCCSCc2ccc(C#N)cc2)cc1. The first kappa shape index (κ1) is 19.3. The first-order valence-corrected chi connectivity index (χ1v) is 10.2. The molecule has 2 aromatic carbocycles. The Kier molecular flexibility index (Phi) is 6.88. The Morgan fingerprint density at radius 1 is 1.08 bits per heavy atom. The minimum absolute atomic E-state index is 0.250. The predicted molar refractivity (Wildman–Crippen MR) is 100 cm³/mol. The lowest BCUT2D eigenvalue weighted by Gasteiger charge is -2.12. The van der Waals surface area contributed by atoms with E-state index in [1.165, 1.54) is 24.0 Å². The molecule has 0 aromatic heterocycles. The van der Waals surface area contributed by atoms with E-state index in [0.29, 0.717) is 17.9 Å². The van der Waals surface area contributed by atoms with Gasteiger partial charge < -0.3 is 4.74 Å². The van der Waals surface area contributed by atoms with Gasteiger partial charge in [-0.05, 0) is 42.0 Å². The van der Waals surface area contributed by atoms with Crippen LogP contribution in [0, 0.1) is 11.3 Å². The summed E-state index contributed by atoms with van der Waals surface area (Å²) >= 11 is 1.74. The van der Waals surface area contributed by atoms with Crippen molar-refractivity contribution in [3.63, 3.8) is 0 Å². The normalized spacial score (nSPS) is 11.3. The molecule has 0 fully saturated rings. The lowest BCUT2D eigenvalue weighted by atomic mass is 10.2. The summed E-state index contributed by atoms with van der Waals surface area (Å²) in [4.78, 5) is 0.250. The number of nitriles is 1. The van der Waals surface area contributed by atoms with Gasteiger partial charge in [-0.15, -0.1) is 0 Å². The molecule has 0 amide bonds. The van der Waals surface area contributed by atoms with E-state index in [2.05, 4.69) is 6.07 Å². The molecule has 0 aliphatic carbocycles. The monoisotopic (exact) mass is 376 g/mol. The van der Waals surface area contributed by atoms with E-state index in [9.17, 15) is 8.42 Å². The molecule has 5 nitrogen and oxygen atoms in total. The van der Waals surface area contributed by atoms with E-state index in [-0.39, 0.29) is 4.90 Å². The summed E-state index contributed by atoms with van der Waals surface area (Å²) in [5, 5.41) is 8.76. The summed E-state index contributed by atoms with van der Waals surface area (Å²) < 4.78 is 30.8. The first-order chi connectivity index (χ1) is 11.9. The number of hydrogen-bond acceptors (Lipinski definition) is 5. The van der Waals surface area contributed by atoms with Crippen molar-refractivity contribution < 1.29 is 13.2 Å². The predicted octanol–water partition coefficient (Wildman–Crippen LogP) is 3.12. The van der Waals surface area contributed by atoms with E-state index in [1.807, 2.05) is 24.3 Å². The zero-order chi connectivity index (χ0) is 18.3. The number of nitrogens with zero attached hydrogens (tertiary/aromatic N) is 2. The van der Waals surface area contributed by atoms with Crippen LogP contribution in [0.25, 0.3) is 0 Å². The summed E-state index contributed by atoms with van der Waals surface area (Å²) in [6, 6.07) is 16.1. The molecule has 0 radical (unpaired) electrons. The maximum atomic E-state index is 12.0. The Labute approximate surface area is 153 Å². The average Bonchev–Trinajstić information content (AvgIpc) is 2.62. The second-order valence-electron chi connectivity index (χ2n) is 5.47. The maximum Gasteiger partial charge on any atom is 0.242 e. The van der Waals surface area contributed by atoms with E-state index < -0.39 is 10.0 Å². The molecule has 0 heterocycles. The topological polar surface area (TPSA) is 70.4 Å². The molecular formula is C18H20N2O3S2. The highest BCUT2D eigenvalue weighted by molar-refractivity contribution is 7.98. The number of benzene rings is 2. The standard InChI is InChI=1S/C18H20N2O3S2/c1-20(2)25(21,22)18-9-7-17(8-10-18)23-11-12-24-14-16-5-3-15(13-19)4-6-16/h3-10H,11-12,14H2,1-2H3. The van der Waals surface area contributed by atoms with Crippen LogP contribution in [0.2, 0.25) is 0 Å². The van der Waals surface area contributed by atoms with Crippen LogP contribution in [0.4, 0.5) is 0 Å². The second-order valence-corrected chi connectivity index (χ2v) is 8.73. The first-order valence-electron chi connectivity index (χ1n) is 7.65. The lowest BCUT2D eigenvalue weighted by molar-refractivity contribution is 0.343. The van der Waals surface area contributed by atoms with Crippen molar-refractivity contribution in [3.8, 4) is 11.8 Å².